The summed E-state index contributed by atoms with van der Waals surface area (Å²) in [5, 5.41) is 0.681. The minimum absolute atomic E-state index is 0.00570. The Kier molecular flexibility index (Phi) is 4.42. The van der Waals surface area contributed by atoms with Crippen LogP contribution in [0.1, 0.15) is 11.1 Å². The number of rotatable bonds is 3. The van der Waals surface area contributed by atoms with Gasteiger partial charge in [0.1, 0.15) is 5.65 Å². The summed E-state index contributed by atoms with van der Waals surface area (Å²) in [5.74, 6) is 0. The topological polar surface area (TPSA) is 26.4 Å². The standard InChI is InChI=1S/C24H18N2OS2/c1-16-8-7-11-18(14-16)21-22-25(15-17-9-3-2-4-10-17)23(27)19-12-5-6-13-20(19)26(22)24(28)29-21/h2-14H,15H2,1H3. The third kappa shape index (κ3) is 3.03. The Bertz CT molecular complexity index is 1480. The number of benzene rings is 3. The predicted molar refractivity (Wildman–Crippen MR) is 124 cm³/mol. The summed E-state index contributed by atoms with van der Waals surface area (Å²) in [6.07, 6.45) is 0. The lowest BCUT2D eigenvalue weighted by atomic mass is 10.1. The van der Waals surface area contributed by atoms with E-state index in [1.165, 1.54) is 5.56 Å². The van der Waals surface area contributed by atoms with E-state index in [-0.39, 0.29) is 5.56 Å². The predicted octanol–water partition coefficient (Wildman–Crippen LogP) is 6.07. The first-order valence-corrected chi connectivity index (χ1v) is 10.6. The van der Waals surface area contributed by atoms with Crippen molar-refractivity contribution in [1.29, 1.82) is 0 Å². The number of nitrogens with zero attached hydrogens (tertiary/aromatic N) is 2. The molecule has 0 aliphatic carbocycles. The lowest BCUT2D eigenvalue weighted by Crippen LogP contribution is -2.23. The molecule has 142 valence electrons. The first-order chi connectivity index (χ1) is 14.1. The third-order valence-electron chi connectivity index (χ3n) is 5.13. The average Bonchev–Trinajstić information content (AvgIpc) is 3.09. The van der Waals surface area contributed by atoms with Gasteiger partial charge in [0.2, 0.25) is 0 Å². The van der Waals surface area contributed by atoms with Gasteiger partial charge in [-0.25, -0.2) is 0 Å². The van der Waals surface area contributed by atoms with Crippen LogP contribution in [0.5, 0.6) is 0 Å². The van der Waals surface area contributed by atoms with Gasteiger partial charge in [-0.15, -0.1) is 11.3 Å². The molecule has 5 rings (SSSR count). The summed E-state index contributed by atoms with van der Waals surface area (Å²) in [5.41, 5.74) is 5.07. The fraction of sp³-hybridized carbons (Fsp3) is 0.0833. The molecule has 0 unspecified atom stereocenters. The van der Waals surface area contributed by atoms with Crippen LogP contribution < -0.4 is 5.56 Å². The van der Waals surface area contributed by atoms with E-state index >= 15 is 0 Å². The van der Waals surface area contributed by atoms with Crippen molar-refractivity contribution in [3.63, 3.8) is 0 Å². The smallest absolute Gasteiger partial charge is 0.261 e. The number of hydrogen-bond acceptors (Lipinski definition) is 3. The molecule has 0 saturated carbocycles. The summed E-state index contributed by atoms with van der Waals surface area (Å²) in [6, 6.07) is 26.1. The first kappa shape index (κ1) is 18.0. The van der Waals surface area contributed by atoms with E-state index in [1.54, 1.807) is 11.3 Å². The molecule has 0 atom stereocenters. The molecule has 2 heterocycles. The van der Waals surface area contributed by atoms with Crippen LogP contribution >= 0.6 is 23.6 Å². The van der Waals surface area contributed by atoms with Crippen LogP contribution in [0.25, 0.3) is 27.0 Å². The van der Waals surface area contributed by atoms with E-state index in [1.807, 2.05) is 65.2 Å². The molecular formula is C24H18N2OS2. The van der Waals surface area contributed by atoms with Crippen LogP contribution in [-0.2, 0) is 6.54 Å². The van der Waals surface area contributed by atoms with Gasteiger partial charge in [-0.1, -0.05) is 72.3 Å². The zero-order valence-corrected chi connectivity index (χ0v) is 17.5. The molecule has 2 aromatic heterocycles. The van der Waals surface area contributed by atoms with Crippen LogP contribution in [0, 0.1) is 10.9 Å². The van der Waals surface area contributed by atoms with E-state index in [2.05, 4.69) is 29.5 Å². The molecular weight excluding hydrogens is 396 g/mol. The highest BCUT2D eigenvalue weighted by Crippen LogP contribution is 2.33. The zero-order chi connectivity index (χ0) is 20.0. The van der Waals surface area contributed by atoms with Crippen molar-refractivity contribution < 1.29 is 0 Å². The molecule has 29 heavy (non-hydrogen) atoms. The van der Waals surface area contributed by atoms with Gasteiger partial charge in [-0.3, -0.25) is 13.8 Å². The van der Waals surface area contributed by atoms with Crippen molar-refractivity contribution in [1.82, 2.24) is 8.97 Å². The van der Waals surface area contributed by atoms with E-state index in [0.717, 1.165) is 31.1 Å². The van der Waals surface area contributed by atoms with Crippen molar-refractivity contribution >= 4 is 40.1 Å². The number of thiazole rings is 1. The molecule has 5 heteroatoms. The maximum Gasteiger partial charge on any atom is 0.261 e. The highest BCUT2D eigenvalue weighted by Gasteiger charge is 2.18. The second-order valence-electron chi connectivity index (χ2n) is 7.12. The Morgan fingerprint density at radius 1 is 0.931 bits per heavy atom. The minimum atomic E-state index is 0.00570. The second-order valence-corrected chi connectivity index (χ2v) is 8.76. The Morgan fingerprint density at radius 3 is 2.48 bits per heavy atom. The van der Waals surface area contributed by atoms with Gasteiger partial charge in [-0.2, -0.15) is 0 Å². The van der Waals surface area contributed by atoms with Gasteiger partial charge >= 0.3 is 0 Å². The van der Waals surface area contributed by atoms with Crippen molar-refractivity contribution in [2.45, 2.75) is 13.5 Å². The SMILES string of the molecule is Cc1cccc(-c2sc(=S)n3c4ccccc4c(=O)n(Cc4ccccc4)c23)c1. The molecule has 0 radical (unpaired) electrons. The largest absolute Gasteiger partial charge is 0.288 e. The van der Waals surface area contributed by atoms with Crippen molar-refractivity contribution in [2.75, 3.05) is 0 Å². The fourth-order valence-corrected chi connectivity index (χ4v) is 5.22. The van der Waals surface area contributed by atoms with Crippen LogP contribution in [0.4, 0.5) is 0 Å². The second kappa shape index (κ2) is 7.10. The normalized spacial score (nSPS) is 11.3. The number of aryl methyl sites for hydroxylation is 1. The van der Waals surface area contributed by atoms with Gasteiger partial charge in [0, 0.05) is 0 Å². The molecule has 0 aliphatic heterocycles. The molecule has 0 N–H and O–H groups in total. The van der Waals surface area contributed by atoms with Crippen LogP contribution in [-0.4, -0.2) is 8.97 Å². The highest BCUT2D eigenvalue weighted by atomic mass is 32.1. The average molecular weight is 415 g/mol. The first-order valence-electron chi connectivity index (χ1n) is 9.41. The summed E-state index contributed by atoms with van der Waals surface area (Å²) >= 11 is 7.32. The maximum atomic E-state index is 13.5. The van der Waals surface area contributed by atoms with Gasteiger partial charge in [0.05, 0.1) is 22.3 Å². The molecule has 0 amide bonds. The summed E-state index contributed by atoms with van der Waals surface area (Å²) in [4.78, 5) is 14.6. The highest BCUT2D eigenvalue weighted by molar-refractivity contribution is 7.73. The number of para-hydroxylation sites is 1. The molecule has 3 aromatic carbocycles. The Hall–Kier alpha value is -3.02. The molecule has 3 nitrogen and oxygen atoms in total. The number of aromatic nitrogens is 2. The number of fused-ring (bicyclic) bond motifs is 3. The monoisotopic (exact) mass is 414 g/mol. The molecule has 0 bridgehead atoms. The van der Waals surface area contributed by atoms with Crippen LogP contribution in [0.15, 0.2) is 83.7 Å². The molecule has 0 spiro atoms. The molecule has 0 saturated heterocycles. The minimum Gasteiger partial charge on any atom is -0.288 e. The van der Waals surface area contributed by atoms with Crippen molar-refractivity contribution in [2.24, 2.45) is 0 Å². The van der Waals surface area contributed by atoms with Crippen molar-refractivity contribution in [3.05, 3.63) is 104 Å². The van der Waals surface area contributed by atoms with Crippen LogP contribution in [0.3, 0.4) is 0 Å². The summed E-state index contributed by atoms with van der Waals surface area (Å²) < 4.78 is 4.66. The molecule has 5 aromatic rings. The lowest BCUT2D eigenvalue weighted by Gasteiger charge is -2.13. The molecule has 0 aliphatic rings. The van der Waals surface area contributed by atoms with Gasteiger partial charge < -0.3 is 0 Å². The van der Waals surface area contributed by atoms with Gasteiger partial charge in [0.15, 0.2) is 3.95 Å². The zero-order valence-electron chi connectivity index (χ0n) is 15.8. The van der Waals surface area contributed by atoms with Gasteiger partial charge in [0.25, 0.3) is 5.56 Å². The Labute approximate surface area is 177 Å². The summed E-state index contributed by atoms with van der Waals surface area (Å²) in [7, 11) is 0. The fourth-order valence-electron chi connectivity index (χ4n) is 3.80. The maximum absolute atomic E-state index is 13.5. The van der Waals surface area contributed by atoms with E-state index in [0.29, 0.717) is 11.9 Å². The van der Waals surface area contributed by atoms with Gasteiger partial charge in [-0.05, 0) is 42.4 Å². The van der Waals surface area contributed by atoms with Crippen molar-refractivity contribution in [3.8, 4) is 10.4 Å². The van der Waals surface area contributed by atoms with E-state index in [4.69, 9.17) is 12.2 Å². The quantitative estimate of drug-likeness (QED) is 0.335. The third-order valence-corrected chi connectivity index (χ3v) is 6.54. The van der Waals surface area contributed by atoms with E-state index in [9.17, 15) is 4.79 Å². The molecule has 0 fully saturated rings. The Balaban J connectivity index is 1.93. The van der Waals surface area contributed by atoms with E-state index < -0.39 is 0 Å². The van der Waals surface area contributed by atoms with Crippen LogP contribution in [0.2, 0.25) is 0 Å². The summed E-state index contributed by atoms with van der Waals surface area (Å²) in [6.45, 7) is 2.58. The lowest BCUT2D eigenvalue weighted by molar-refractivity contribution is 0.781. The number of hydrogen-bond donors (Lipinski definition) is 0. The Morgan fingerprint density at radius 2 is 1.69 bits per heavy atom.